The van der Waals surface area contributed by atoms with Gasteiger partial charge in [-0.25, -0.2) is 0 Å². The average molecular weight is 284 g/mol. The Labute approximate surface area is 128 Å². The minimum atomic E-state index is 0.400. The largest absolute Gasteiger partial charge is 0.508 e. The van der Waals surface area contributed by atoms with E-state index in [1.54, 1.807) is 0 Å². The van der Waals surface area contributed by atoms with Crippen molar-refractivity contribution in [3.63, 3.8) is 0 Å². The summed E-state index contributed by atoms with van der Waals surface area (Å²) in [5, 5.41) is 10.4. The molecule has 0 aromatic heterocycles. The first-order valence-electron chi connectivity index (χ1n) is 8.73. The van der Waals surface area contributed by atoms with Crippen molar-refractivity contribution in [3.05, 3.63) is 29.3 Å². The molecule has 0 spiro atoms. The van der Waals surface area contributed by atoms with Crippen LogP contribution in [-0.4, -0.2) is 5.11 Å². The summed E-state index contributed by atoms with van der Waals surface area (Å²) in [6, 6.07) is 6.23. The first kappa shape index (κ1) is 13.7. The Kier molecular flexibility index (Phi) is 2.78. The lowest BCUT2D eigenvalue weighted by molar-refractivity contribution is -0.0660. The zero-order valence-electron chi connectivity index (χ0n) is 13.7. The summed E-state index contributed by atoms with van der Waals surface area (Å²) in [6.45, 7) is 7.50. The second-order valence-electron chi connectivity index (χ2n) is 8.83. The molecule has 2 fully saturated rings. The maximum atomic E-state index is 10.4. The molecule has 0 amide bonds. The third-order valence-corrected chi connectivity index (χ3v) is 7.21. The Morgan fingerprint density at radius 3 is 2.71 bits per heavy atom. The van der Waals surface area contributed by atoms with E-state index >= 15 is 0 Å². The van der Waals surface area contributed by atoms with E-state index in [2.05, 4.69) is 32.9 Å². The number of benzene rings is 1. The van der Waals surface area contributed by atoms with Crippen LogP contribution in [0.3, 0.4) is 0 Å². The Hall–Kier alpha value is -0.980. The highest BCUT2D eigenvalue weighted by molar-refractivity contribution is 5.45. The van der Waals surface area contributed by atoms with Gasteiger partial charge < -0.3 is 5.11 Å². The van der Waals surface area contributed by atoms with Gasteiger partial charge in [-0.1, -0.05) is 39.3 Å². The van der Waals surface area contributed by atoms with Crippen molar-refractivity contribution < 1.29 is 5.11 Å². The summed E-state index contributed by atoms with van der Waals surface area (Å²) in [7, 11) is 0. The fourth-order valence-electron chi connectivity index (χ4n) is 6.18. The summed E-state index contributed by atoms with van der Waals surface area (Å²) in [4.78, 5) is 0. The van der Waals surface area contributed by atoms with Crippen molar-refractivity contribution in [1.82, 2.24) is 0 Å². The van der Waals surface area contributed by atoms with E-state index in [-0.39, 0.29) is 0 Å². The Morgan fingerprint density at radius 2 is 1.90 bits per heavy atom. The zero-order chi connectivity index (χ0) is 14.8. The van der Waals surface area contributed by atoms with Gasteiger partial charge in [-0.15, -0.1) is 0 Å². The fourth-order valence-corrected chi connectivity index (χ4v) is 6.18. The summed E-state index contributed by atoms with van der Waals surface area (Å²) in [5.74, 6) is 2.91. The third-order valence-electron chi connectivity index (χ3n) is 7.21. The van der Waals surface area contributed by atoms with E-state index < -0.39 is 0 Å². The van der Waals surface area contributed by atoms with Crippen LogP contribution in [0, 0.1) is 22.7 Å². The van der Waals surface area contributed by atoms with Gasteiger partial charge in [0.25, 0.3) is 0 Å². The number of phenolic OH excluding ortho intramolecular Hbond substituents is 1. The number of rotatable bonds is 0. The number of fused-ring (bicyclic) bond motifs is 2. The molecule has 1 aromatic rings. The normalized spacial score (nSPS) is 40.2. The lowest BCUT2D eigenvalue weighted by atomic mass is 9.44. The lowest BCUT2D eigenvalue weighted by Gasteiger charge is -2.60. The van der Waals surface area contributed by atoms with Crippen LogP contribution < -0.4 is 0 Å². The van der Waals surface area contributed by atoms with Crippen molar-refractivity contribution in [1.29, 1.82) is 0 Å². The van der Waals surface area contributed by atoms with Crippen LogP contribution in [0.4, 0.5) is 0 Å². The Balaban J connectivity index is 1.87. The van der Waals surface area contributed by atoms with Gasteiger partial charge in [0, 0.05) is 0 Å². The maximum Gasteiger partial charge on any atom is 0.119 e. The van der Waals surface area contributed by atoms with Gasteiger partial charge >= 0.3 is 0 Å². The minimum Gasteiger partial charge on any atom is -0.508 e. The van der Waals surface area contributed by atoms with Crippen LogP contribution in [0.1, 0.15) is 69.9 Å². The molecular weight excluding hydrogens is 256 g/mol. The third kappa shape index (κ3) is 1.82. The van der Waals surface area contributed by atoms with Crippen LogP contribution in [0.5, 0.6) is 5.75 Å². The first-order valence-corrected chi connectivity index (χ1v) is 8.73. The molecule has 3 aliphatic carbocycles. The van der Waals surface area contributed by atoms with Gasteiger partial charge in [-0.2, -0.15) is 0 Å². The van der Waals surface area contributed by atoms with E-state index in [1.807, 2.05) is 6.07 Å². The Morgan fingerprint density at radius 1 is 1.10 bits per heavy atom. The van der Waals surface area contributed by atoms with Crippen molar-refractivity contribution in [2.75, 3.05) is 0 Å². The first-order chi connectivity index (χ1) is 9.92. The molecular formula is C20H28O. The molecule has 114 valence electrons. The van der Waals surface area contributed by atoms with Crippen LogP contribution in [0.25, 0.3) is 0 Å². The highest BCUT2D eigenvalue weighted by Crippen LogP contribution is 2.65. The molecule has 21 heavy (non-hydrogen) atoms. The predicted molar refractivity (Wildman–Crippen MR) is 86.5 cm³/mol. The zero-order valence-corrected chi connectivity index (χ0v) is 13.7. The van der Waals surface area contributed by atoms with E-state index in [0.717, 1.165) is 18.3 Å². The molecule has 2 saturated carbocycles. The summed E-state index contributed by atoms with van der Waals surface area (Å²) < 4.78 is 0. The molecule has 0 aliphatic heterocycles. The number of hydrogen-bond donors (Lipinski definition) is 1. The van der Waals surface area contributed by atoms with E-state index in [1.165, 1.54) is 43.2 Å². The molecule has 1 N–H and O–H groups in total. The molecule has 4 rings (SSSR count). The smallest absolute Gasteiger partial charge is 0.119 e. The van der Waals surface area contributed by atoms with Crippen LogP contribution >= 0.6 is 0 Å². The molecule has 1 nitrogen and oxygen atoms in total. The van der Waals surface area contributed by atoms with Crippen LogP contribution in [-0.2, 0) is 6.42 Å². The van der Waals surface area contributed by atoms with Crippen molar-refractivity contribution in [2.24, 2.45) is 22.7 Å². The van der Waals surface area contributed by atoms with Crippen molar-refractivity contribution in [3.8, 4) is 5.75 Å². The average Bonchev–Trinajstić information content (AvgIpc) is 2.43. The number of phenols is 1. The molecule has 1 heteroatoms. The standard InChI is InChI=1S/C20H28O/c1-19(2)11-9-14-13-6-4-8-17(21)15(13)12-20(3)10-5-7-16(19)18(14)20/h4,6,8,14,16,18,21H,5,7,9-12H2,1-3H3/t14-,16-,18+,20+/m1/s1. The van der Waals surface area contributed by atoms with Crippen molar-refractivity contribution >= 4 is 0 Å². The topological polar surface area (TPSA) is 20.2 Å². The molecule has 0 unspecified atom stereocenters. The minimum absolute atomic E-state index is 0.400. The Bertz CT molecular complexity index is 573. The van der Waals surface area contributed by atoms with Crippen LogP contribution in [0.15, 0.2) is 18.2 Å². The van der Waals surface area contributed by atoms with Crippen LogP contribution in [0.2, 0.25) is 0 Å². The van der Waals surface area contributed by atoms with Gasteiger partial charge in [0.2, 0.25) is 0 Å². The monoisotopic (exact) mass is 284 g/mol. The van der Waals surface area contributed by atoms with Gasteiger partial charge in [-0.3, -0.25) is 0 Å². The van der Waals surface area contributed by atoms with Gasteiger partial charge in [-0.05, 0) is 77.9 Å². The molecule has 0 radical (unpaired) electrons. The molecule has 1 aromatic carbocycles. The van der Waals surface area contributed by atoms with Gasteiger partial charge in [0.05, 0.1) is 0 Å². The van der Waals surface area contributed by atoms with E-state index in [9.17, 15) is 5.11 Å². The summed E-state index contributed by atoms with van der Waals surface area (Å²) in [6.07, 6.45) is 7.86. The molecule has 0 bridgehead atoms. The predicted octanol–water partition coefficient (Wildman–Crippen LogP) is 5.27. The molecule has 4 atom stereocenters. The SMILES string of the molecule is CC1(C)CC[C@@H]2c3cccc(O)c3C[C@]3(C)CCC[C@@H]1[C@H]23. The van der Waals surface area contributed by atoms with Gasteiger partial charge in [0.1, 0.15) is 5.75 Å². The second kappa shape index (κ2) is 4.27. The van der Waals surface area contributed by atoms with Gasteiger partial charge in [0.15, 0.2) is 0 Å². The quantitative estimate of drug-likeness (QED) is 0.687. The fraction of sp³-hybridized carbons (Fsp3) is 0.700. The van der Waals surface area contributed by atoms with E-state index in [4.69, 9.17) is 0 Å². The highest BCUT2D eigenvalue weighted by Gasteiger charge is 2.56. The maximum absolute atomic E-state index is 10.4. The molecule has 0 heterocycles. The molecule has 3 aliphatic rings. The highest BCUT2D eigenvalue weighted by atomic mass is 16.3. The number of hydrogen-bond acceptors (Lipinski definition) is 1. The van der Waals surface area contributed by atoms with Crippen molar-refractivity contribution in [2.45, 2.75) is 65.2 Å². The second-order valence-corrected chi connectivity index (χ2v) is 8.83. The lowest BCUT2D eigenvalue weighted by Crippen LogP contribution is -2.52. The molecule has 0 saturated heterocycles. The van der Waals surface area contributed by atoms with E-state index in [0.29, 0.717) is 22.5 Å². The number of aromatic hydroxyl groups is 1. The summed E-state index contributed by atoms with van der Waals surface area (Å²) in [5.41, 5.74) is 3.63. The summed E-state index contributed by atoms with van der Waals surface area (Å²) >= 11 is 0.